The van der Waals surface area contributed by atoms with Gasteiger partial charge in [0.1, 0.15) is 24.2 Å². The van der Waals surface area contributed by atoms with E-state index in [1.165, 1.54) is 13.8 Å². The second kappa shape index (κ2) is 19.2. The van der Waals surface area contributed by atoms with E-state index in [9.17, 15) is 43.5 Å². The number of hydrogen-bond donors (Lipinski definition) is 9. The molecule has 0 aliphatic rings. The van der Waals surface area contributed by atoms with Gasteiger partial charge in [0.15, 0.2) is 5.81 Å². The van der Waals surface area contributed by atoms with E-state index in [0.717, 1.165) is 0 Å². The van der Waals surface area contributed by atoms with Gasteiger partial charge < -0.3 is 47.6 Å². The first kappa shape index (κ1) is 40.8. The van der Waals surface area contributed by atoms with Crippen LogP contribution in [0, 0.1) is 17.8 Å². The number of hydrogen-bond acceptors (Lipinski definition) is 9. The predicted molar refractivity (Wildman–Crippen MR) is 159 cm³/mol. The fourth-order valence-electron chi connectivity index (χ4n) is 4.19. The van der Waals surface area contributed by atoms with Gasteiger partial charge >= 0.3 is 11.9 Å². The Morgan fingerprint density at radius 3 is 1.69 bits per heavy atom. The molecule has 10 N–H and O–H groups in total. The molecule has 45 heavy (non-hydrogen) atoms. The molecule has 0 aliphatic carbocycles. The summed E-state index contributed by atoms with van der Waals surface area (Å²) >= 11 is 0. The Balaban J connectivity index is 5.61. The number of carbonyl (C=O) groups is 8. The maximum atomic E-state index is 13.2. The van der Waals surface area contributed by atoms with Crippen LogP contribution < -0.4 is 32.3 Å². The molecule has 0 aromatic carbocycles. The van der Waals surface area contributed by atoms with Crippen LogP contribution in [0.5, 0.6) is 0 Å². The van der Waals surface area contributed by atoms with Crippen molar-refractivity contribution in [3.63, 3.8) is 0 Å². The van der Waals surface area contributed by atoms with E-state index in [0.29, 0.717) is 0 Å². The van der Waals surface area contributed by atoms with Crippen LogP contribution in [0.4, 0.5) is 4.79 Å². The van der Waals surface area contributed by atoms with E-state index in [4.69, 9.17) is 23.8 Å². The van der Waals surface area contributed by atoms with E-state index < -0.39 is 108 Å². The quantitative estimate of drug-likeness (QED) is 0.0639. The van der Waals surface area contributed by atoms with Crippen LogP contribution in [-0.4, -0.2) is 107 Å². The Labute approximate surface area is 262 Å². The molecule has 0 aromatic heterocycles. The maximum Gasteiger partial charge on any atom is 0.326 e. The van der Waals surface area contributed by atoms with Gasteiger partial charge in [0.2, 0.25) is 37.4 Å². The van der Waals surface area contributed by atoms with E-state index in [-0.39, 0.29) is 18.8 Å². The highest BCUT2D eigenvalue weighted by Gasteiger charge is 2.33. The molecule has 0 aliphatic heterocycles. The third-order valence-electron chi connectivity index (χ3n) is 6.59. The Kier molecular flexibility index (Phi) is 17.4. The van der Waals surface area contributed by atoms with Gasteiger partial charge in [-0.3, -0.25) is 33.6 Å². The number of nitrogens with one attached hydrogen (secondary N) is 5. The molecule has 7 unspecified atom stereocenters. The maximum absolute atomic E-state index is 13.2. The van der Waals surface area contributed by atoms with Crippen LogP contribution in [0.2, 0.25) is 0 Å². The van der Waals surface area contributed by atoms with Gasteiger partial charge in [-0.1, -0.05) is 34.6 Å². The summed E-state index contributed by atoms with van der Waals surface area (Å²) < 4.78 is 0. The van der Waals surface area contributed by atoms with Gasteiger partial charge in [-0.05, 0) is 31.6 Å². The number of aliphatic hydroxyl groups excluding tert-OH is 1. The highest BCUT2D eigenvalue weighted by molar-refractivity contribution is 6.57. The van der Waals surface area contributed by atoms with Gasteiger partial charge in [-0.25, -0.2) is 4.79 Å². The first-order chi connectivity index (χ1) is 20.7. The van der Waals surface area contributed by atoms with Crippen LogP contribution >= 0.6 is 0 Å². The van der Waals surface area contributed by atoms with Crippen molar-refractivity contribution >= 4 is 55.1 Å². The second-order valence-electron chi connectivity index (χ2n) is 11.6. The van der Waals surface area contributed by atoms with Crippen LogP contribution in [0.1, 0.15) is 67.2 Å². The van der Waals surface area contributed by atoms with E-state index in [1.54, 1.807) is 13.8 Å². The zero-order chi connectivity index (χ0) is 35.2. The first-order valence-corrected chi connectivity index (χ1v) is 14.3. The van der Waals surface area contributed by atoms with Crippen molar-refractivity contribution in [2.75, 3.05) is 0 Å². The minimum absolute atomic E-state index is 0.0694. The van der Waals surface area contributed by atoms with E-state index in [2.05, 4.69) is 21.3 Å². The lowest BCUT2D eigenvalue weighted by Gasteiger charge is -2.30. The molecule has 0 aromatic rings. The molecule has 0 spiro atoms. The van der Waals surface area contributed by atoms with Crippen molar-refractivity contribution in [2.45, 2.75) is 104 Å². The minimum Gasteiger partial charge on any atom is -0.481 e. The minimum atomic E-state index is -1.71. The Morgan fingerprint density at radius 1 is 0.689 bits per heavy atom. The van der Waals surface area contributed by atoms with Crippen LogP contribution in [0.25, 0.3) is 0 Å². The molecule has 0 heterocycles. The third kappa shape index (κ3) is 15.9. The Morgan fingerprint density at radius 2 is 1.24 bits per heavy atom. The van der Waals surface area contributed by atoms with Crippen LogP contribution in [0.3, 0.4) is 0 Å². The normalized spacial score (nSPS) is 15.8. The number of carboxylic acid groups (broad SMARTS) is 2. The molecular weight excluding hydrogens is 595 g/mol. The van der Waals surface area contributed by atoms with E-state index in [1.807, 2.05) is 19.2 Å². The molecule has 18 heteroatoms. The predicted octanol–water partition coefficient (Wildman–Crippen LogP) is -2.28. The topological polar surface area (TPSA) is 283 Å². The summed E-state index contributed by atoms with van der Waals surface area (Å²) in [4.78, 5) is 96.2. The molecule has 252 valence electrons. The highest BCUT2D eigenvalue weighted by atomic mass is 16.4. The van der Waals surface area contributed by atoms with Crippen molar-refractivity contribution in [3.05, 3.63) is 0 Å². The Bertz CT molecular complexity index is 1100. The molecule has 6 amide bonds. The lowest BCUT2D eigenvalue weighted by atomic mass is 9.92. The SMILES string of the molecule is [B]C(=O)NC(C(=O)NC(CC(N)=O)C(=O)NC(CC(C)C)C(O)CC(C)C(=O)NC(C)C(=O)NC(CC(=O)O)C(=O)O)C(C)C. The molecule has 2 radical (unpaired) electrons. The van der Waals surface area contributed by atoms with Gasteiger partial charge in [-0.2, -0.15) is 0 Å². The first-order valence-electron chi connectivity index (χ1n) is 14.3. The zero-order valence-corrected chi connectivity index (χ0v) is 26.3. The van der Waals surface area contributed by atoms with Crippen molar-refractivity contribution in [1.82, 2.24) is 26.6 Å². The summed E-state index contributed by atoms with van der Waals surface area (Å²) in [5.74, 6) is -9.64. The molecule has 0 bridgehead atoms. The molecule has 17 nitrogen and oxygen atoms in total. The largest absolute Gasteiger partial charge is 0.481 e. The molecule has 0 saturated carbocycles. The van der Waals surface area contributed by atoms with Crippen molar-refractivity contribution in [1.29, 1.82) is 0 Å². The van der Waals surface area contributed by atoms with Crippen molar-refractivity contribution < 1.29 is 53.7 Å². The van der Waals surface area contributed by atoms with Gasteiger partial charge in [0.25, 0.3) is 0 Å². The molecule has 0 saturated heterocycles. The number of nitrogens with two attached hydrogens (primary N) is 1. The standard InChI is InChI=1S/C27H45BN6O11/c1-11(2)7-15(31-24(41)16(9-19(29)36)32-25(42)21(12(3)4)34-27(28)45)18(35)8-13(5)22(39)30-14(6)23(40)33-17(26(43)44)10-20(37)38/h11-18,21,35H,7-10H2,1-6H3,(H2,29,36)(H,30,39)(H,31,41)(H,32,42)(H,33,40)(H,34,45)(H,37,38)(H,43,44). The molecular formula is C27H45BN6O11. The molecule has 0 fully saturated rings. The van der Waals surface area contributed by atoms with Gasteiger partial charge in [0.05, 0.1) is 25.0 Å². The molecule has 7 atom stereocenters. The summed E-state index contributed by atoms with van der Waals surface area (Å²) in [5, 5.41) is 40.6. The molecule has 0 rings (SSSR count). The van der Waals surface area contributed by atoms with Crippen molar-refractivity contribution in [3.8, 4) is 0 Å². The zero-order valence-electron chi connectivity index (χ0n) is 26.3. The third-order valence-corrected chi connectivity index (χ3v) is 6.59. The summed E-state index contributed by atoms with van der Waals surface area (Å²) in [6, 6.07) is -6.52. The number of carboxylic acids is 2. The fraction of sp³-hybridized carbons (Fsp3) is 0.704. The highest BCUT2D eigenvalue weighted by Crippen LogP contribution is 2.16. The summed E-state index contributed by atoms with van der Waals surface area (Å²) in [6.07, 6.45) is -2.79. The average Bonchev–Trinajstić information content (AvgIpc) is 2.88. The number of aliphatic carboxylic acids is 2. The lowest BCUT2D eigenvalue weighted by Crippen LogP contribution is -2.58. The number of rotatable bonds is 20. The van der Waals surface area contributed by atoms with Gasteiger partial charge in [-0.15, -0.1) is 0 Å². The summed E-state index contributed by atoms with van der Waals surface area (Å²) in [7, 11) is 5.13. The van der Waals surface area contributed by atoms with Crippen LogP contribution in [0.15, 0.2) is 0 Å². The second-order valence-corrected chi connectivity index (χ2v) is 11.6. The Hall–Kier alpha value is -4.22. The number of aliphatic hydroxyl groups is 1. The smallest absolute Gasteiger partial charge is 0.326 e. The van der Waals surface area contributed by atoms with Crippen molar-refractivity contribution in [2.24, 2.45) is 23.5 Å². The lowest BCUT2D eigenvalue weighted by molar-refractivity contribution is -0.147. The number of amides is 6. The summed E-state index contributed by atoms with van der Waals surface area (Å²) in [6.45, 7) is 9.55. The summed E-state index contributed by atoms with van der Waals surface area (Å²) in [5.41, 5.74) is 5.28. The van der Waals surface area contributed by atoms with Gasteiger partial charge in [0, 0.05) is 5.92 Å². The fourth-order valence-corrected chi connectivity index (χ4v) is 4.19. The van der Waals surface area contributed by atoms with Crippen LogP contribution in [-0.2, 0) is 33.6 Å². The number of primary amides is 1. The number of carbonyl (C=O) groups excluding carboxylic acids is 6. The average molecular weight is 641 g/mol. The monoisotopic (exact) mass is 640 g/mol. The van der Waals surface area contributed by atoms with E-state index >= 15 is 0 Å².